The van der Waals surface area contributed by atoms with Crippen molar-refractivity contribution in [1.29, 1.82) is 0 Å². The molecule has 3 rings (SSSR count). The summed E-state index contributed by atoms with van der Waals surface area (Å²) in [5.74, 6) is -0.123. The maximum absolute atomic E-state index is 14.3. The molecule has 0 amide bonds. The van der Waals surface area contributed by atoms with Crippen molar-refractivity contribution < 1.29 is 4.39 Å². The van der Waals surface area contributed by atoms with Gasteiger partial charge in [0.15, 0.2) is 0 Å². The summed E-state index contributed by atoms with van der Waals surface area (Å²) in [7, 11) is 0. The number of piperidine rings is 1. The highest BCUT2D eigenvalue weighted by Crippen LogP contribution is 2.46. The average molecular weight is 276 g/mol. The zero-order valence-corrected chi connectivity index (χ0v) is 12.4. The lowest BCUT2D eigenvalue weighted by Gasteiger charge is -2.40. The van der Waals surface area contributed by atoms with Gasteiger partial charge >= 0.3 is 0 Å². The van der Waals surface area contributed by atoms with Gasteiger partial charge in [0.25, 0.3) is 0 Å². The Labute approximate surface area is 121 Å². The second-order valence-electron chi connectivity index (χ2n) is 6.69. The van der Waals surface area contributed by atoms with Gasteiger partial charge in [0.1, 0.15) is 5.82 Å². The fraction of sp³-hybridized carbons (Fsp3) is 0.647. The molecule has 20 heavy (non-hydrogen) atoms. The first-order chi connectivity index (χ1) is 9.60. The summed E-state index contributed by atoms with van der Waals surface area (Å²) in [6, 6.07) is 5.35. The van der Waals surface area contributed by atoms with Gasteiger partial charge in [-0.15, -0.1) is 0 Å². The predicted molar refractivity (Wildman–Crippen MR) is 81.4 cm³/mol. The van der Waals surface area contributed by atoms with Gasteiger partial charge in [0.05, 0.1) is 5.69 Å². The van der Waals surface area contributed by atoms with Gasteiger partial charge in [-0.2, -0.15) is 0 Å². The van der Waals surface area contributed by atoms with E-state index in [9.17, 15) is 4.39 Å². The topological polar surface area (TPSA) is 29.3 Å². The fourth-order valence-electron chi connectivity index (χ4n) is 3.91. The van der Waals surface area contributed by atoms with Gasteiger partial charge in [-0.05, 0) is 55.7 Å². The third kappa shape index (κ3) is 2.56. The van der Waals surface area contributed by atoms with E-state index in [-0.39, 0.29) is 11.9 Å². The molecule has 1 heterocycles. The van der Waals surface area contributed by atoms with Crippen molar-refractivity contribution in [2.75, 3.05) is 18.0 Å². The van der Waals surface area contributed by atoms with E-state index in [1.54, 1.807) is 6.07 Å². The summed E-state index contributed by atoms with van der Waals surface area (Å²) in [4.78, 5) is 2.21. The SMILES string of the molecule is CC(N)c1ccc(N2CCC3(CCCC3)CC2)c(F)c1. The molecule has 0 aromatic heterocycles. The van der Waals surface area contributed by atoms with Crippen LogP contribution in [0.3, 0.4) is 0 Å². The third-order valence-corrected chi connectivity index (χ3v) is 5.33. The number of nitrogens with zero attached hydrogens (tertiary/aromatic N) is 1. The highest BCUT2D eigenvalue weighted by molar-refractivity contribution is 5.50. The van der Waals surface area contributed by atoms with Gasteiger partial charge in [0.2, 0.25) is 0 Å². The number of rotatable bonds is 2. The molecule has 1 saturated carbocycles. The standard InChI is InChI=1S/C17H25FN2/c1-13(19)14-4-5-16(15(18)12-14)20-10-8-17(9-11-20)6-2-3-7-17/h4-5,12-13H,2-3,6-11,19H2,1H3. The summed E-state index contributed by atoms with van der Waals surface area (Å²) >= 11 is 0. The van der Waals surface area contributed by atoms with Crippen LogP contribution < -0.4 is 10.6 Å². The van der Waals surface area contributed by atoms with Crippen molar-refractivity contribution in [1.82, 2.24) is 0 Å². The Kier molecular flexibility index (Phi) is 3.72. The minimum absolute atomic E-state index is 0.110. The van der Waals surface area contributed by atoms with Crippen LogP contribution in [-0.2, 0) is 0 Å². The molecular formula is C17H25FN2. The molecule has 1 aliphatic heterocycles. The van der Waals surface area contributed by atoms with E-state index >= 15 is 0 Å². The second-order valence-corrected chi connectivity index (χ2v) is 6.69. The maximum atomic E-state index is 14.3. The van der Waals surface area contributed by atoms with Crippen molar-refractivity contribution in [3.8, 4) is 0 Å². The van der Waals surface area contributed by atoms with Crippen LogP contribution in [0, 0.1) is 11.2 Å². The number of hydrogen-bond acceptors (Lipinski definition) is 2. The van der Waals surface area contributed by atoms with Crippen molar-refractivity contribution in [2.24, 2.45) is 11.1 Å². The highest BCUT2D eigenvalue weighted by atomic mass is 19.1. The Morgan fingerprint density at radius 1 is 1.15 bits per heavy atom. The molecule has 2 aliphatic rings. The van der Waals surface area contributed by atoms with Crippen molar-refractivity contribution in [3.05, 3.63) is 29.6 Å². The second kappa shape index (κ2) is 5.36. The normalized spacial score (nSPS) is 23.2. The van der Waals surface area contributed by atoms with Crippen molar-refractivity contribution in [2.45, 2.75) is 51.5 Å². The smallest absolute Gasteiger partial charge is 0.146 e. The average Bonchev–Trinajstić information content (AvgIpc) is 2.88. The first-order valence-corrected chi connectivity index (χ1v) is 7.90. The quantitative estimate of drug-likeness (QED) is 0.884. The summed E-state index contributed by atoms with van der Waals surface area (Å²) in [6.45, 7) is 3.88. The molecule has 1 aromatic rings. The molecular weight excluding hydrogens is 251 g/mol. The molecule has 2 nitrogen and oxygen atoms in total. The number of benzene rings is 1. The summed E-state index contributed by atoms with van der Waals surface area (Å²) in [5.41, 5.74) is 8.01. The molecule has 0 bridgehead atoms. The zero-order valence-electron chi connectivity index (χ0n) is 12.4. The van der Waals surface area contributed by atoms with E-state index in [1.807, 2.05) is 19.1 Å². The molecule has 0 radical (unpaired) electrons. The molecule has 1 unspecified atom stereocenters. The molecule has 1 spiro atoms. The molecule has 2 N–H and O–H groups in total. The van der Waals surface area contributed by atoms with Crippen LogP contribution >= 0.6 is 0 Å². The van der Waals surface area contributed by atoms with Gasteiger partial charge in [0, 0.05) is 19.1 Å². The number of halogens is 1. The Hall–Kier alpha value is -1.09. The van der Waals surface area contributed by atoms with Crippen LogP contribution in [0.25, 0.3) is 0 Å². The highest BCUT2D eigenvalue weighted by Gasteiger charge is 2.37. The van der Waals surface area contributed by atoms with E-state index in [4.69, 9.17) is 5.73 Å². The molecule has 1 atom stereocenters. The predicted octanol–water partition coefficient (Wildman–Crippen LogP) is 4.01. The summed E-state index contributed by atoms with van der Waals surface area (Å²) in [5, 5.41) is 0. The number of nitrogens with two attached hydrogens (primary N) is 1. The lowest BCUT2D eigenvalue weighted by molar-refractivity contribution is 0.226. The minimum Gasteiger partial charge on any atom is -0.369 e. The summed E-state index contributed by atoms with van der Waals surface area (Å²) < 4.78 is 14.3. The lowest BCUT2D eigenvalue weighted by Crippen LogP contribution is -2.39. The van der Waals surface area contributed by atoms with Crippen molar-refractivity contribution >= 4 is 5.69 Å². The summed E-state index contributed by atoms with van der Waals surface area (Å²) in [6.07, 6.45) is 7.98. The van der Waals surface area contributed by atoms with Crippen LogP contribution in [0.4, 0.5) is 10.1 Å². The van der Waals surface area contributed by atoms with Crippen LogP contribution in [0.15, 0.2) is 18.2 Å². The van der Waals surface area contributed by atoms with Gasteiger partial charge in [-0.25, -0.2) is 4.39 Å². The molecule has 1 aliphatic carbocycles. The minimum atomic E-state index is -0.123. The molecule has 1 saturated heterocycles. The number of hydrogen-bond donors (Lipinski definition) is 1. The lowest BCUT2D eigenvalue weighted by atomic mass is 9.77. The van der Waals surface area contributed by atoms with Gasteiger partial charge < -0.3 is 10.6 Å². The monoisotopic (exact) mass is 276 g/mol. The Morgan fingerprint density at radius 2 is 1.80 bits per heavy atom. The van der Waals surface area contributed by atoms with Crippen LogP contribution in [0.1, 0.15) is 57.1 Å². The van der Waals surface area contributed by atoms with E-state index in [1.165, 1.54) is 38.5 Å². The molecule has 3 heteroatoms. The van der Waals surface area contributed by atoms with Crippen LogP contribution in [0.2, 0.25) is 0 Å². The number of anilines is 1. The Bertz CT molecular complexity index is 468. The molecule has 1 aromatic carbocycles. The Balaban J connectivity index is 1.71. The van der Waals surface area contributed by atoms with Crippen LogP contribution in [0.5, 0.6) is 0 Å². The van der Waals surface area contributed by atoms with E-state index in [0.29, 0.717) is 5.41 Å². The molecule has 110 valence electrons. The largest absolute Gasteiger partial charge is 0.369 e. The van der Waals surface area contributed by atoms with E-state index < -0.39 is 0 Å². The zero-order chi connectivity index (χ0) is 14.2. The van der Waals surface area contributed by atoms with Crippen LogP contribution in [-0.4, -0.2) is 13.1 Å². The van der Waals surface area contributed by atoms with E-state index in [0.717, 1.165) is 24.3 Å². The molecule has 2 fully saturated rings. The maximum Gasteiger partial charge on any atom is 0.146 e. The fourth-order valence-corrected chi connectivity index (χ4v) is 3.91. The third-order valence-electron chi connectivity index (χ3n) is 5.33. The first kappa shape index (κ1) is 13.9. The van der Waals surface area contributed by atoms with Gasteiger partial charge in [-0.3, -0.25) is 0 Å². The van der Waals surface area contributed by atoms with Crippen molar-refractivity contribution in [3.63, 3.8) is 0 Å². The first-order valence-electron chi connectivity index (χ1n) is 7.90. The van der Waals surface area contributed by atoms with E-state index in [2.05, 4.69) is 4.90 Å². The van der Waals surface area contributed by atoms with Gasteiger partial charge in [-0.1, -0.05) is 18.9 Å². The Morgan fingerprint density at radius 3 is 2.35 bits per heavy atom.